The molecule has 3 rings (SSSR count). The molecule has 0 radical (unpaired) electrons. The molecule has 90 valence electrons. The number of hydrogen-bond acceptors (Lipinski definition) is 2. The van der Waals surface area contributed by atoms with Crippen LogP contribution in [0.2, 0.25) is 0 Å². The number of carboxylic acids is 1. The Balaban J connectivity index is 2.08. The second kappa shape index (κ2) is 4.03. The summed E-state index contributed by atoms with van der Waals surface area (Å²) in [6, 6.07) is 9.88. The van der Waals surface area contributed by atoms with Gasteiger partial charge in [-0.25, -0.2) is 0 Å². The van der Waals surface area contributed by atoms with Crippen molar-refractivity contribution in [3.05, 3.63) is 42.1 Å². The van der Waals surface area contributed by atoms with Gasteiger partial charge in [0, 0.05) is 16.5 Å². The third-order valence-corrected chi connectivity index (χ3v) is 2.86. The number of hydrogen-bond donors (Lipinski definition) is 3. The number of aromatic nitrogens is 3. The van der Waals surface area contributed by atoms with Crippen LogP contribution in [-0.4, -0.2) is 26.3 Å². The van der Waals surface area contributed by atoms with Crippen LogP contribution in [0.5, 0.6) is 0 Å². The SMILES string of the molecule is O=C(O)Cc1cn[nH]c1-c1cc2ccccc2[nH]1. The van der Waals surface area contributed by atoms with Crippen molar-refractivity contribution in [2.75, 3.05) is 0 Å². The van der Waals surface area contributed by atoms with E-state index in [1.54, 1.807) is 6.20 Å². The Morgan fingerprint density at radius 2 is 2.17 bits per heavy atom. The minimum atomic E-state index is -0.867. The molecule has 1 aromatic carbocycles. The van der Waals surface area contributed by atoms with Gasteiger partial charge in [0.1, 0.15) is 0 Å². The highest BCUT2D eigenvalue weighted by molar-refractivity contribution is 5.86. The van der Waals surface area contributed by atoms with Gasteiger partial charge in [-0.2, -0.15) is 5.10 Å². The summed E-state index contributed by atoms with van der Waals surface area (Å²) in [5, 5.41) is 16.7. The quantitative estimate of drug-likeness (QED) is 0.657. The normalized spacial score (nSPS) is 10.9. The minimum absolute atomic E-state index is 0.0405. The van der Waals surface area contributed by atoms with Gasteiger partial charge >= 0.3 is 5.97 Å². The van der Waals surface area contributed by atoms with E-state index in [-0.39, 0.29) is 6.42 Å². The van der Waals surface area contributed by atoms with Crippen molar-refractivity contribution in [2.24, 2.45) is 0 Å². The number of nitrogens with one attached hydrogen (secondary N) is 2. The van der Waals surface area contributed by atoms with Crippen LogP contribution in [0, 0.1) is 0 Å². The first-order valence-corrected chi connectivity index (χ1v) is 5.56. The third kappa shape index (κ3) is 1.75. The topological polar surface area (TPSA) is 81.8 Å². The molecule has 0 bridgehead atoms. The molecule has 3 aromatic rings. The van der Waals surface area contributed by atoms with Gasteiger partial charge in [0.05, 0.1) is 24.0 Å². The van der Waals surface area contributed by atoms with Gasteiger partial charge in [0.2, 0.25) is 0 Å². The van der Waals surface area contributed by atoms with Crippen LogP contribution in [0.3, 0.4) is 0 Å². The number of rotatable bonds is 3. The second-order valence-electron chi connectivity index (χ2n) is 4.11. The van der Waals surface area contributed by atoms with Gasteiger partial charge in [0.15, 0.2) is 0 Å². The number of carboxylic acid groups (broad SMARTS) is 1. The molecule has 5 nitrogen and oxygen atoms in total. The van der Waals surface area contributed by atoms with Gasteiger partial charge in [-0.3, -0.25) is 9.89 Å². The Hall–Kier alpha value is -2.56. The van der Waals surface area contributed by atoms with E-state index in [0.29, 0.717) is 5.56 Å². The van der Waals surface area contributed by atoms with E-state index in [0.717, 1.165) is 22.3 Å². The van der Waals surface area contributed by atoms with Crippen LogP contribution in [0.15, 0.2) is 36.5 Å². The fraction of sp³-hybridized carbons (Fsp3) is 0.0769. The van der Waals surface area contributed by atoms with E-state index in [9.17, 15) is 4.79 Å². The summed E-state index contributed by atoms with van der Waals surface area (Å²) in [6.07, 6.45) is 1.51. The average molecular weight is 241 g/mol. The number of aromatic amines is 2. The molecule has 0 unspecified atom stereocenters. The minimum Gasteiger partial charge on any atom is -0.481 e. The molecule has 0 amide bonds. The average Bonchev–Trinajstić information content (AvgIpc) is 2.93. The summed E-state index contributed by atoms with van der Waals surface area (Å²) in [7, 11) is 0. The summed E-state index contributed by atoms with van der Waals surface area (Å²) in [5.74, 6) is -0.867. The highest BCUT2D eigenvalue weighted by Gasteiger charge is 2.12. The molecule has 3 N–H and O–H groups in total. The van der Waals surface area contributed by atoms with Crippen molar-refractivity contribution in [3.63, 3.8) is 0 Å². The van der Waals surface area contributed by atoms with E-state index in [1.165, 1.54) is 0 Å². The van der Waals surface area contributed by atoms with Crippen molar-refractivity contribution < 1.29 is 9.90 Å². The Labute approximate surface area is 102 Å². The molecule has 0 aliphatic rings. The van der Waals surface area contributed by atoms with Gasteiger partial charge < -0.3 is 10.1 Å². The summed E-state index contributed by atoms with van der Waals surface area (Å²) in [4.78, 5) is 14.0. The highest BCUT2D eigenvalue weighted by atomic mass is 16.4. The van der Waals surface area contributed by atoms with Crippen molar-refractivity contribution in [1.82, 2.24) is 15.2 Å². The van der Waals surface area contributed by atoms with E-state index in [4.69, 9.17) is 5.11 Å². The number of H-pyrrole nitrogens is 2. The lowest BCUT2D eigenvalue weighted by Crippen LogP contribution is -2.00. The molecule has 5 heteroatoms. The first-order chi connectivity index (χ1) is 8.74. The van der Waals surface area contributed by atoms with Crippen LogP contribution in [-0.2, 0) is 11.2 Å². The lowest BCUT2D eigenvalue weighted by Gasteiger charge is -1.97. The fourth-order valence-corrected chi connectivity index (χ4v) is 2.05. The molecule has 0 atom stereocenters. The summed E-state index contributed by atoms with van der Waals surface area (Å²) >= 11 is 0. The number of aliphatic carboxylic acids is 1. The van der Waals surface area contributed by atoms with Crippen LogP contribution in [0.4, 0.5) is 0 Å². The summed E-state index contributed by atoms with van der Waals surface area (Å²) < 4.78 is 0. The Morgan fingerprint density at radius 1 is 1.33 bits per heavy atom. The molecule has 2 heterocycles. The molecule has 0 saturated heterocycles. The fourth-order valence-electron chi connectivity index (χ4n) is 2.05. The maximum atomic E-state index is 10.8. The zero-order chi connectivity index (χ0) is 12.5. The van der Waals surface area contributed by atoms with Crippen molar-refractivity contribution in [1.29, 1.82) is 0 Å². The largest absolute Gasteiger partial charge is 0.481 e. The van der Waals surface area contributed by atoms with E-state index in [1.807, 2.05) is 30.3 Å². The van der Waals surface area contributed by atoms with Crippen LogP contribution >= 0.6 is 0 Å². The van der Waals surface area contributed by atoms with Crippen molar-refractivity contribution in [3.8, 4) is 11.4 Å². The maximum absolute atomic E-state index is 10.8. The molecular formula is C13H11N3O2. The molecule has 0 aliphatic heterocycles. The van der Waals surface area contributed by atoms with Crippen LogP contribution < -0.4 is 0 Å². The second-order valence-corrected chi connectivity index (χ2v) is 4.11. The number of benzene rings is 1. The molecule has 2 aromatic heterocycles. The van der Waals surface area contributed by atoms with Crippen molar-refractivity contribution in [2.45, 2.75) is 6.42 Å². The lowest BCUT2D eigenvalue weighted by atomic mass is 10.1. The van der Waals surface area contributed by atoms with Crippen molar-refractivity contribution >= 4 is 16.9 Å². The third-order valence-electron chi connectivity index (χ3n) is 2.86. The van der Waals surface area contributed by atoms with Gasteiger partial charge in [-0.15, -0.1) is 0 Å². The lowest BCUT2D eigenvalue weighted by molar-refractivity contribution is -0.136. The Kier molecular flexibility index (Phi) is 2.37. The predicted octanol–water partition coefficient (Wildman–Crippen LogP) is 2.19. The molecule has 18 heavy (non-hydrogen) atoms. The van der Waals surface area contributed by atoms with Crippen LogP contribution in [0.25, 0.3) is 22.3 Å². The Bertz CT molecular complexity index is 679. The molecule has 0 fully saturated rings. The smallest absolute Gasteiger partial charge is 0.307 e. The maximum Gasteiger partial charge on any atom is 0.307 e. The summed E-state index contributed by atoms with van der Waals surface area (Å²) in [5.41, 5.74) is 3.27. The number of fused-ring (bicyclic) bond motifs is 1. The number of carbonyl (C=O) groups is 1. The van der Waals surface area contributed by atoms with Gasteiger partial charge in [-0.05, 0) is 12.1 Å². The first-order valence-electron chi connectivity index (χ1n) is 5.56. The first kappa shape index (κ1) is 10.6. The predicted molar refractivity (Wildman–Crippen MR) is 67.2 cm³/mol. The Morgan fingerprint density at radius 3 is 2.94 bits per heavy atom. The zero-order valence-corrected chi connectivity index (χ0v) is 9.47. The molecule has 0 saturated carbocycles. The standard InChI is InChI=1S/C13H11N3O2/c17-12(18)6-9-7-14-16-13(9)11-5-8-3-1-2-4-10(8)15-11/h1-5,7,15H,6H2,(H,14,16)(H,17,18). The van der Waals surface area contributed by atoms with E-state index < -0.39 is 5.97 Å². The molecule has 0 aliphatic carbocycles. The van der Waals surface area contributed by atoms with E-state index in [2.05, 4.69) is 15.2 Å². The number of para-hydroxylation sites is 1. The number of nitrogens with zero attached hydrogens (tertiary/aromatic N) is 1. The van der Waals surface area contributed by atoms with Crippen LogP contribution in [0.1, 0.15) is 5.56 Å². The van der Waals surface area contributed by atoms with E-state index >= 15 is 0 Å². The van der Waals surface area contributed by atoms with Gasteiger partial charge in [-0.1, -0.05) is 18.2 Å². The molecule has 0 spiro atoms. The van der Waals surface area contributed by atoms with Gasteiger partial charge in [0.25, 0.3) is 0 Å². The monoisotopic (exact) mass is 241 g/mol. The molecular weight excluding hydrogens is 230 g/mol. The zero-order valence-electron chi connectivity index (χ0n) is 9.47. The highest BCUT2D eigenvalue weighted by Crippen LogP contribution is 2.25. The summed E-state index contributed by atoms with van der Waals surface area (Å²) in [6.45, 7) is 0.